The largest absolute Gasteiger partial charge is 0.389 e. The average molecular weight is 316 g/mol. The van der Waals surface area contributed by atoms with Crippen LogP contribution in [0.15, 0.2) is 54.6 Å². The van der Waals surface area contributed by atoms with E-state index in [4.69, 9.17) is 11.6 Å². The fourth-order valence-electron chi connectivity index (χ4n) is 3.53. The third-order valence-electron chi connectivity index (χ3n) is 4.72. The van der Waals surface area contributed by atoms with Gasteiger partial charge in [-0.15, -0.1) is 0 Å². The molecule has 2 N–H and O–H groups in total. The quantitative estimate of drug-likeness (QED) is 0.903. The van der Waals surface area contributed by atoms with Gasteiger partial charge in [-0.25, -0.2) is 0 Å². The predicted octanol–water partition coefficient (Wildman–Crippen LogP) is 3.64. The predicted molar refractivity (Wildman–Crippen MR) is 91.3 cm³/mol. The van der Waals surface area contributed by atoms with Crippen molar-refractivity contribution in [1.82, 2.24) is 5.32 Å². The van der Waals surface area contributed by atoms with Gasteiger partial charge in [0, 0.05) is 36.4 Å². The summed E-state index contributed by atoms with van der Waals surface area (Å²) < 4.78 is 0. The Morgan fingerprint density at radius 1 is 1.09 bits per heavy atom. The van der Waals surface area contributed by atoms with Gasteiger partial charge in [0.15, 0.2) is 0 Å². The van der Waals surface area contributed by atoms with E-state index < -0.39 is 5.60 Å². The summed E-state index contributed by atoms with van der Waals surface area (Å²) in [5.41, 5.74) is 1.68. The fraction of sp³-hybridized carbons (Fsp3) is 0.368. The molecule has 0 saturated carbocycles. The number of hydrogen-bond donors (Lipinski definition) is 2. The summed E-state index contributed by atoms with van der Waals surface area (Å²) >= 11 is 5.99. The van der Waals surface area contributed by atoms with E-state index in [9.17, 15) is 5.11 Å². The highest BCUT2D eigenvalue weighted by Gasteiger charge is 2.41. The first-order valence-electron chi connectivity index (χ1n) is 7.79. The van der Waals surface area contributed by atoms with Crippen molar-refractivity contribution in [3.8, 4) is 0 Å². The summed E-state index contributed by atoms with van der Waals surface area (Å²) in [5, 5.41) is 15.3. The Labute approximate surface area is 137 Å². The van der Waals surface area contributed by atoms with E-state index in [1.807, 2.05) is 37.3 Å². The molecule has 1 aliphatic heterocycles. The molecule has 3 unspecified atom stereocenters. The van der Waals surface area contributed by atoms with Gasteiger partial charge >= 0.3 is 0 Å². The van der Waals surface area contributed by atoms with Gasteiger partial charge < -0.3 is 10.4 Å². The van der Waals surface area contributed by atoms with Crippen LogP contribution in [0.4, 0.5) is 0 Å². The Bertz CT molecular complexity index is 609. The molecule has 0 radical (unpaired) electrons. The van der Waals surface area contributed by atoms with E-state index in [-0.39, 0.29) is 5.92 Å². The minimum atomic E-state index is -0.741. The first-order chi connectivity index (χ1) is 10.6. The van der Waals surface area contributed by atoms with Crippen molar-refractivity contribution in [2.45, 2.75) is 24.9 Å². The van der Waals surface area contributed by atoms with E-state index >= 15 is 0 Å². The maximum absolute atomic E-state index is 11.1. The number of benzene rings is 2. The molecule has 0 amide bonds. The van der Waals surface area contributed by atoms with E-state index in [1.165, 1.54) is 11.1 Å². The first kappa shape index (κ1) is 15.5. The molecule has 116 valence electrons. The first-order valence-corrected chi connectivity index (χ1v) is 8.16. The van der Waals surface area contributed by atoms with Crippen LogP contribution in [0.2, 0.25) is 5.02 Å². The second-order valence-corrected chi connectivity index (χ2v) is 6.88. The summed E-state index contributed by atoms with van der Waals surface area (Å²) in [6.07, 6.45) is 0.671. The van der Waals surface area contributed by atoms with E-state index in [1.54, 1.807) is 0 Å². The number of aliphatic hydroxyl groups is 1. The Balaban J connectivity index is 1.80. The van der Waals surface area contributed by atoms with E-state index in [2.05, 4.69) is 29.6 Å². The van der Waals surface area contributed by atoms with Crippen LogP contribution in [0.1, 0.15) is 24.0 Å². The van der Waals surface area contributed by atoms with Gasteiger partial charge in [0.05, 0.1) is 5.60 Å². The van der Waals surface area contributed by atoms with Gasteiger partial charge in [0.2, 0.25) is 0 Å². The third-order valence-corrected chi connectivity index (χ3v) is 4.97. The minimum absolute atomic E-state index is 0.189. The van der Waals surface area contributed by atoms with Crippen LogP contribution >= 0.6 is 11.6 Å². The molecule has 2 aromatic rings. The molecule has 3 rings (SSSR count). The van der Waals surface area contributed by atoms with Crippen LogP contribution in [-0.2, 0) is 6.42 Å². The third kappa shape index (κ3) is 3.35. The van der Waals surface area contributed by atoms with Gasteiger partial charge in [-0.3, -0.25) is 0 Å². The van der Waals surface area contributed by atoms with Gasteiger partial charge in [-0.1, -0.05) is 54.1 Å². The molecule has 1 fully saturated rings. The molecular formula is C19H22ClNO. The lowest BCUT2D eigenvalue weighted by molar-refractivity contribution is 0.000691. The van der Waals surface area contributed by atoms with Gasteiger partial charge in [0.1, 0.15) is 0 Å². The number of hydrogen-bond acceptors (Lipinski definition) is 2. The highest BCUT2D eigenvalue weighted by molar-refractivity contribution is 6.30. The van der Waals surface area contributed by atoms with Crippen molar-refractivity contribution >= 4 is 11.6 Å². The van der Waals surface area contributed by atoms with Gasteiger partial charge in [0.25, 0.3) is 0 Å². The second-order valence-electron chi connectivity index (χ2n) is 6.44. The van der Waals surface area contributed by atoms with Gasteiger partial charge in [-0.05, 0) is 30.2 Å². The molecular weight excluding hydrogens is 294 g/mol. The molecule has 1 heterocycles. The van der Waals surface area contributed by atoms with Crippen molar-refractivity contribution in [2.24, 2.45) is 5.92 Å². The van der Waals surface area contributed by atoms with Crippen LogP contribution in [-0.4, -0.2) is 23.8 Å². The molecule has 3 atom stereocenters. The lowest BCUT2D eigenvalue weighted by Crippen LogP contribution is -2.40. The van der Waals surface area contributed by atoms with Crippen LogP contribution in [0.5, 0.6) is 0 Å². The smallest absolute Gasteiger partial charge is 0.0706 e. The zero-order valence-electron chi connectivity index (χ0n) is 12.8. The molecule has 0 spiro atoms. The van der Waals surface area contributed by atoms with Crippen molar-refractivity contribution in [3.63, 3.8) is 0 Å². The molecule has 2 nitrogen and oxygen atoms in total. The summed E-state index contributed by atoms with van der Waals surface area (Å²) in [7, 11) is 0. The summed E-state index contributed by atoms with van der Waals surface area (Å²) in [5.74, 6) is 0.505. The minimum Gasteiger partial charge on any atom is -0.389 e. The van der Waals surface area contributed by atoms with E-state index in [0.717, 1.165) is 18.1 Å². The monoisotopic (exact) mass is 315 g/mol. The Kier molecular flexibility index (Phi) is 4.53. The molecule has 22 heavy (non-hydrogen) atoms. The zero-order chi connectivity index (χ0) is 15.6. The molecule has 1 aliphatic rings. The number of halogens is 1. The highest BCUT2D eigenvalue weighted by Crippen LogP contribution is 2.37. The fourth-order valence-corrected chi connectivity index (χ4v) is 3.66. The highest BCUT2D eigenvalue weighted by atomic mass is 35.5. The van der Waals surface area contributed by atoms with E-state index in [0.29, 0.717) is 12.3 Å². The summed E-state index contributed by atoms with van der Waals surface area (Å²) in [4.78, 5) is 0. The zero-order valence-corrected chi connectivity index (χ0v) is 13.6. The lowest BCUT2D eigenvalue weighted by Gasteiger charge is -2.34. The standard InChI is InChI=1S/C19H22ClNO/c1-19(22,11-14-5-3-2-4-6-14)18-13-21-12-17(18)15-7-9-16(20)10-8-15/h2-10,17-18,21-22H,11-13H2,1H3. The van der Waals surface area contributed by atoms with Crippen molar-refractivity contribution in [1.29, 1.82) is 0 Å². The van der Waals surface area contributed by atoms with Crippen LogP contribution in [0, 0.1) is 5.92 Å². The maximum atomic E-state index is 11.1. The topological polar surface area (TPSA) is 32.3 Å². The molecule has 0 aromatic heterocycles. The summed E-state index contributed by atoms with van der Waals surface area (Å²) in [6, 6.07) is 18.2. The van der Waals surface area contributed by atoms with Crippen molar-refractivity contribution in [3.05, 3.63) is 70.7 Å². The lowest BCUT2D eigenvalue weighted by atomic mass is 9.75. The van der Waals surface area contributed by atoms with Crippen molar-refractivity contribution in [2.75, 3.05) is 13.1 Å². The normalized spacial score (nSPS) is 24.1. The SMILES string of the molecule is CC(O)(Cc1ccccc1)C1CNCC1c1ccc(Cl)cc1. The second kappa shape index (κ2) is 6.41. The number of nitrogens with one attached hydrogen (secondary N) is 1. The summed E-state index contributed by atoms with van der Waals surface area (Å²) in [6.45, 7) is 3.70. The average Bonchev–Trinajstić information content (AvgIpc) is 2.99. The molecule has 2 aromatic carbocycles. The van der Waals surface area contributed by atoms with Gasteiger partial charge in [-0.2, -0.15) is 0 Å². The van der Waals surface area contributed by atoms with Crippen LogP contribution in [0.25, 0.3) is 0 Å². The Morgan fingerprint density at radius 2 is 1.77 bits per heavy atom. The molecule has 3 heteroatoms. The Morgan fingerprint density at radius 3 is 2.45 bits per heavy atom. The number of rotatable bonds is 4. The molecule has 0 aliphatic carbocycles. The molecule has 0 bridgehead atoms. The molecule has 1 saturated heterocycles. The maximum Gasteiger partial charge on any atom is 0.0706 e. The van der Waals surface area contributed by atoms with Crippen molar-refractivity contribution < 1.29 is 5.11 Å². The van der Waals surface area contributed by atoms with Crippen LogP contribution < -0.4 is 5.32 Å². The van der Waals surface area contributed by atoms with Crippen LogP contribution in [0.3, 0.4) is 0 Å². The Hall–Kier alpha value is -1.35.